The zero-order valence-electron chi connectivity index (χ0n) is 11.3. The minimum Gasteiger partial charge on any atom is -0.258 e. The minimum absolute atomic E-state index is 0.0127. The van der Waals surface area contributed by atoms with E-state index in [4.69, 9.17) is 0 Å². The Balaban J connectivity index is 2.37. The number of nitro benzene ring substituents is 2. The van der Waals surface area contributed by atoms with E-state index in [2.05, 4.69) is 16.8 Å². The van der Waals surface area contributed by atoms with Crippen molar-refractivity contribution in [2.75, 3.05) is 0 Å². The molecule has 110 valence electrons. The van der Waals surface area contributed by atoms with E-state index in [-0.39, 0.29) is 11.4 Å². The van der Waals surface area contributed by atoms with Crippen LogP contribution in [0.1, 0.15) is 25.7 Å². The molecular formula is C13H14N4O4. The summed E-state index contributed by atoms with van der Waals surface area (Å²) in [6, 6.07) is 3.31. The van der Waals surface area contributed by atoms with Gasteiger partial charge in [0.25, 0.3) is 5.69 Å². The van der Waals surface area contributed by atoms with Crippen LogP contribution in [-0.4, -0.2) is 15.4 Å². The summed E-state index contributed by atoms with van der Waals surface area (Å²) in [4.78, 5) is 20.3. The number of hydrogen-bond acceptors (Lipinski definition) is 6. The van der Waals surface area contributed by atoms with Crippen LogP contribution in [0.4, 0.5) is 17.1 Å². The topological polar surface area (TPSA) is 111 Å². The number of nitrogens with zero attached hydrogens (tertiary/aromatic N) is 4. The molecule has 1 aromatic carbocycles. The molecule has 1 fully saturated rings. The Morgan fingerprint density at radius 2 is 1.86 bits per heavy atom. The Kier molecular flexibility index (Phi) is 4.06. The molecule has 1 saturated carbocycles. The Morgan fingerprint density at radius 3 is 2.38 bits per heavy atom. The van der Waals surface area contributed by atoms with Crippen LogP contribution < -0.4 is 0 Å². The third-order valence-corrected chi connectivity index (χ3v) is 3.57. The van der Waals surface area contributed by atoms with Crippen molar-refractivity contribution in [1.29, 1.82) is 0 Å². The second-order valence-electron chi connectivity index (χ2n) is 4.90. The molecule has 1 aliphatic rings. The van der Waals surface area contributed by atoms with Crippen molar-refractivity contribution in [2.24, 2.45) is 10.2 Å². The monoisotopic (exact) mass is 290 g/mol. The fourth-order valence-corrected chi connectivity index (χ4v) is 2.34. The molecule has 0 atom stereocenters. The van der Waals surface area contributed by atoms with E-state index >= 15 is 0 Å². The molecule has 8 nitrogen and oxygen atoms in total. The molecule has 0 bridgehead atoms. The minimum atomic E-state index is -0.698. The van der Waals surface area contributed by atoms with Gasteiger partial charge in [0.05, 0.1) is 21.5 Å². The van der Waals surface area contributed by atoms with Crippen LogP contribution in [0.25, 0.3) is 0 Å². The zero-order chi connectivity index (χ0) is 15.5. The molecular weight excluding hydrogens is 276 g/mol. The lowest BCUT2D eigenvalue weighted by atomic mass is 10.00. The van der Waals surface area contributed by atoms with Crippen LogP contribution in [0.15, 0.2) is 41.1 Å². The first-order valence-electron chi connectivity index (χ1n) is 6.47. The van der Waals surface area contributed by atoms with Gasteiger partial charge >= 0.3 is 5.69 Å². The highest BCUT2D eigenvalue weighted by molar-refractivity contribution is 5.61. The van der Waals surface area contributed by atoms with Gasteiger partial charge in [-0.05, 0) is 18.9 Å². The first-order valence-corrected chi connectivity index (χ1v) is 6.47. The maximum atomic E-state index is 11.0. The predicted molar refractivity (Wildman–Crippen MR) is 75.7 cm³/mol. The van der Waals surface area contributed by atoms with Crippen LogP contribution in [0, 0.1) is 20.2 Å². The first-order chi connectivity index (χ1) is 9.97. The van der Waals surface area contributed by atoms with E-state index in [0.717, 1.165) is 31.7 Å². The largest absolute Gasteiger partial charge is 0.303 e. The maximum Gasteiger partial charge on any atom is 0.303 e. The molecule has 0 spiro atoms. The lowest BCUT2D eigenvalue weighted by molar-refractivity contribution is -0.393. The molecule has 0 aromatic heterocycles. The molecule has 8 heteroatoms. The molecule has 0 unspecified atom stereocenters. The number of rotatable bonds is 5. The molecule has 0 amide bonds. The highest BCUT2D eigenvalue weighted by Gasteiger charge is 2.31. The van der Waals surface area contributed by atoms with Gasteiger partial charge in [-0.3, -0.25) is 20.2 Å². The fourth-order valence-electron chi connectivity index (χ4n) is 2.34. The van der Waals surface area contributed by atoms with Crippen LogP contribution in [-0.2, 0) is 0 Å². The molecule has 0 N–H and O–H groups in total. The van der Waals surface area contributed by atoms with Gasteiger partial charge in [0.2, 0.25) is 0 Å². The normalized spacial score (nSPS) is 17.0. The molecule has 21 heavy (non-hydrogen) atoms. The number of non-ortho nitro benzene ring substituents is 1. The average molecular weight is 290 g/mol. The van der Waals surface area contributed by atoms with E-state index in [1.807, 2.05) is 0 Å². The van der Waals surface area contributed by atoms with Crippen molar-refractivity contribution >= 4 is 17.1 Å². The summed E-state index contributed by atoms with van der Waals surface area (Å²) in [5, 5.41) is 29.8. The van der Waals surface area contributed by atoms with Gasteiger partial charge in [0.1, 0.15) is 0 Å². The second-order valence-corrected chi connectivity index (χ2v) is 4.90. The lowest BCUT2D eigenvalue weighted by Crippen LogP contribution is -2.16. The summed E-state index contributed by atoms with van der Waals surface area (Å²) >= 11 is 0. The van der Waals surface area contributed by atoms with E-state index in [0.29, 0.717) is 0 Å². The smallest absolute Gasteiger partial charge is 0.258 e. The maximum absolute atomic E-state index is 11.0. The van der Waals surface area contributed by atoms with Gasteiger partial charge in [-0.25, -0.2) is 0 Å². The number of azo groups is 1. The highest BCUT2D eigenvalue weighted by Crippen LogP contribution is 2.37. The van der Waals surface area contributed by atoms with E-state index in [9.17, 15) is 20.2 Å². The van der Waals surface area contributed by atoms with Crippen molar-refractivity contribution in [3.63, 3.8) is 0 Å². The van der Waals surface area contributed by atoms with E-state index in [1.165, 1.54) is 12.1 Å². The van der Waals surface area contributed by atoms with Crippen LogP contribution in [0.2, 0.25) is 0 Å². The summed E-state index contributed by atoms with van der Waals surface area (Å²) in [6.45, 7) is 3.75. The molecule has 1 aromatic rings. The van der Waals surface area contributed by atoms with Gasteiger partial charge in [-0.1, -0.05) is 18.9 Å². The predicted octanol–water partition coefficient (Wildman–Crippen LogP) is 4.09. The Hall–Kier alpha value is -2.64. The van der Waals surface area contributed by atoms with Crippen LogP contribution in [0.5, 0.6) is 0 Å². The van der Waals surface area contributed by atoms with Crippen molar-refractivity contribution in [3.05, 3.63) is 51.1 Å². The molecule has 0 aliphatic heterocycles. The van der Waals surface area contributed by atoms with Crippen LogP contribution >= 0.6 is 0 Å². The van der Waals surface area contributed by atoms with Crippen LogP contribution in [0.3, 0.4) is 0 Å². The third kappa shape index (κ3) is 3.10. The lowest BCUT2D eigenvalue weighted by Gasteiger charge is -2.16. The van der Waals surface area contributed by atoms with Gasteiger partial charge in [0.15, 0.2) is 5.69 Å². The number of nitro groups is 2. The summed E-state index contributed by atoms with van der Waals surface area (Å²) < 4.78 is 0. The zero-order valence-corrected chi connectivity index (χ0v) is 11.3. The number of benzene rings is 1. The van der Waals surface area contributed by atoms with Gasteiger partial charge in [-0.15, -0.1) is 11.7 Å². The summed E-state index contributed by atoms with van der Waals surface area (Å²) in [6.07, 6.45) is 5.34. The summed E-state index contributed by atoms with van der Waals surface area (Å²) in [7, 11) is 0. The summed E-state index contributed by atoms with van der Waals surface area (Å²) in [5.74, 6) is 0. The van der Waals surface area contributed by atoms with E-state index in [1.54, 1.807) is 6.08 Å². The number of hydrogen-bond donors (Lipinski definition) is 0. The Bertz CT molecular complexity index is 621. The van der Waals surface area contributed by atoms with Gasteiger partial charge in [0, 0.05) is 6.07 Å². The first kappa shape index (κ1) is 14.8. The Labute approximate surface area is 120 Å². The van der Waals surface area contributed by atoms with Crippen molar-refractivity contribution in [2.45, 2.75) is 31.2 Å². The second kappa shape index (κ2) is 5.78. The van der Waals surface area contributed by atoms with Gasteiger partial charge in [-0.2, -0.15) is 5.11 Å². The SMILES string of the molecule is C=CC1(N=Nc2ccc([N+](=O)[O-])cc2[N+](=O)[O-])CCCC1. The summed E-state index contributed by atoms with van der Waals surface area (Å²) in [5.41, 5.74) is -1.24. The molecule has 0 radical (unpaired) electrons. The molecule has 0 heterocycles. The molecule has 1 aliphatic carbocycles. The quantitative estimate of drug-likeness (QED) is 0.352. The van der Waals surface area contributed by atoms with Crippen molar-refractivity contribution < 1.29 is 9.85 Å². The standard InChI is InChI=1S/C13H14N4O4/c1-2-13(7-3-4-8-13)15-14-11-6-5-10(16(18)19)9-12(11)17(20)21/h2,5-6,9H,1,3-4,7-8H2. The Morgan fingerprint density at radius 1 is 1.19 bits per heavy atom. The van der Waals surface area contributed by atoms with Gasteiger partial charge < -0.3 is 0 Å². The highest BCUT2D eigenvalue weighted by atomic mass is 16.6. The third-order valence-electron chi connectivity index (χ3n) is 3.57. The fraction of sp³-hybridized carbons (Fsp3) is 0.385. The van der Waals surface area contributed by atoms with E-state index < -0.39 is 21.1 Å². The molecule has 2 rings (SSSR count). The molecule has 0 saturated heterocycles. The van der Waals surface area contributed by atoms with Crippen molar-refractivity contribution in [3.8, 4) is 0 Å². The van der Waals surface area contributed by atoms with Crippen molar-refractivity contribution in [1.82, 2.24) is 0 Å². The average Bonchev–Trinajstić information content (AvgIpc) is 2.94.